The maximum absolute atomic E-state index is 4.97. The van der Waals surface area contributed by atoms with Crippen molar-refractivity contribution < 1.29 is 4.74 Å². The second-order valence-corrected chi connectivity index (χ2v) is 4.99. The number of hydrogen-bond donors (Lipinski definition) is 0. The zero-order valence-corrected chi connectivity index (χ0v) is 10.4. The molecule has 0 aliphatic heterocycles. The van der Waals surface area contributed by atoms with Gasteiger partial charge in [0.15, 0.2) is 0 Å². The molecule has 1 atom stereocenters. The Labute approximate surface area is 88.8 Å². The van der Waals surface area contributed by atoms with E-state index in [1.165, 1.54) is 18.6 Å². The van der Waals surface area contributed by atoms with Gasteiger partial charge in [-0.3, -0.25) is 0 Å². The van der Waals surface area contributed by atoms with E-state index in [2.05, 4.69) is 22.9 Å². The van der Waals surface area contributed by atoms with E-state index >= 15 is 0 Å². The van der Waals surface area contributed by atoms with Crippen molar-refractivity contribution in [3.63, 3.8) is 0 Å². The molecule has 1 nitrogen and oxygen atoms in total. The van der Waals surface area contributed by atoms with Gasteiger partial charge in [0.05, 0.1) is 6.61 Å². The zero-order chi connectivity index (χ0) is 9.23. The van der Waals surface area contributed by atoms with Crippen molar-refractivity contribution in [1.82, 2.24) is 0 Å². The van der Waals surface area contributed by atoms with Gasteiger partial charge in [-0.2, -0.15) is 11.8 Å². The first-order valence-electron chi connectivity index (χ1n) is 4.44. The third-order valence-corrected chi connectivity index (χ3v) is 3.23. The summed E-state index contributed by atoms with van der Waals surface area (Å²) in [6.07, 6.45) is 2.63. The van der Waals surface area contributed by atoms with Crippen LogP contribution in [0, 0.1) is 5.92 Å². The quantitative estimate of drug-likeness (QED) is 0.486. The molecule has 0 aliphatic rings. The Morgan fingerprint density at radius 2 is 2.08 bits per heavy atom. The molecule has 12 heavy (non-hydrogen) atoms. The summed E-state index contributed by atoms with van der Waals surface area (Å²) in [6, 6.07) is 0. The molecule has 0 radical (unpaired) electrons. The molecule has 0 saturated heterocycles. The predicted octanol–water partition coefficient (Wildman–Crippen LogP) is 3.18. The van der Waals surface area contributed by atoms with Crippen LogP contribution < -0.4 is 0 Å². The summed E-state index contributed by atoms with van der Waals surface area (Å²) >= 11 is 5.45. The Morgan fingerprint density at radius 3 is 2.67 bits per heavy atom. The van der Waals surface area contributed by atoms with Gasteiger partial charge in [-0.25, -0.2) is 0 Å². The monoisotopic (exact) mass is 254 g/mol. The summed E-state index contributed by atoms with van der Waals surface area (Å²) in [5, 5.41) is 1.14. The summed E-state index contributed by atoms with van der Waals surface area (Å²) < 4.78 is 4.97. The first-order chi connectivity index (χ1) is 5.81. The minimum atomic E-state index is 0.861. The van der Waals surface area contributed by atoms with Crippen LogP contribution in [0.15, 0.2) is 0 Å². The number of thioether (sulfide) groups is 1. The SMILES string of the molecule is COCCSCCC(C)CCBr. The van der Waals surface area contributed by atoms with Gasteiger partial charge in [0.1, 0.15) is 0 Å². The summed E-state index contributed by atoms with van der Waals surface area (Å²) in [7, 11) is 1.76. The number of hydrogen-bond acceptors (Lipinski definition) is 2. The maximum atomic E-state index is 4.97. The van der Waals surface area contributed by atoms with Crippen LogP contribution in [0.5, 0.6) is 0 Å². The molecule has 74 valence electrons. The van der Waals surface area contributed by atoms with Crippen LogP contribution in [0.1, 0.15) is 19.8 Å². The van der Waals surface area contributed by atoms with Gasteiger partial charge in [-0.1, -0.05) is 22.9 Å². The normalized spacial score (nSPS) is 13.2. The number of ether oxygens (including phenoxy) is 1. The second kappa shape index (κ2) is 9.87. The number of alkyl halides is 1. The molecule has 3 heteroatoms. The van der Waals surface area contributed by atoms with Crippen molar-refractivity contribution in [3.8, 4) is 0 Å². The van der Waals surface area contributed by atoms with Crippen LogP contribution in [0.4, 0.5) is 0 Å². The largest absolute Gasteiger partial charge is 0.384 e. The van der Waals surface area contributed by atoms with Gasteiger partial charge in [0, 0.05) is 18.2 Å². The molecule has 0 saturated carbocycles. The molecule has 0 bridgehead atoms. The van der Waals surface area contributed by atoms with Crippen molar-refractivity contribution in [1.29, 1.82) is 0 Å². The lowest BCUT2D eigenvalue weighted by Crippen LogP contribution is -1.99. The van der Waals surface area contributed by atoms with Gasteiger partial charge < -0.3 is 4.74 Å². The molecule has 0 spiro atoms. The van der Waals surface area contributed by atoms with Crippen molar-refractivity contribution in [3.05, 3.63) is 0 Å². The average Bonchev–Trinajstić information content (AvgIpc) is 2.05. The summed E-state index contributed by atoms with van der Waals surface area (Å²) in [6.45, 7) is 3.20. The Morgan fingerprint density at radius 1 is 1.33 bits per heavy atom. The van der Waals surface area contributed by atoms with E-state index < -0.39 is 0 Å². The van der Waals surface area contributed by atoms with Gasteiger partial charge in [-0.15, -0.1) is 0 Å². The van der Waals surface area contributed by atoms with E-state index in [1.54, 1.807) is 7.11 Å². The maximum Gasteiger partial charge on any atom is 0.0552 e. The van der Waals surface area contributed by atoms with E-state index in [1.807, 2.05) is 11.8 Å². The Kier molecular flexibility index (Phi) is 10.5. The predicted molar refractivity (Wildman–Crippen MR) is 61.4 cm³/mol. The molecule has 0 aromatic heterocycles. The molecule has 0 rings (SSSR count). The summed E-state index contributed by atoms with van der Waals surface area (Å²) in [4.78, 5) is 0. The zero-order valence-electron chi connectivity index (χ0n) is 8.01. The van der Waals surface area contributed by atoms with E-state index in [-0.39, 0.29) is 0 Å². The molecule has 0 heterocycles. The van der Waals surface area contributed by atoms with E-state index in [9.17, 15) is 0 Å². The van der Waals surface area contributed by atoms with Gasteiger partial charge in [0.25, 0.3) is 0 Å². The van der Waals surface area contributed by atoms with Crippen LogP contribution in [-0.2, 0) is 4.74 Å². The number of halogens is 1. The molecule has 0 N–H and O–H groups in total. The minimum absolute atomic E-state index is 0.861. The molecule has 1 unspecified atom stereocenters. The molecular weight excluding hydrogens is 236 g/mol. The van der Waals surface area contributed by atoms with E-state index in [0.717, 1.165) is 23.6 Å². The van der Waals surface area contributed by atoms with E-state index in [4.69, 9.17) is 4.74 Å². The van der Waals surface area contributed by atoms with Crippen LogP contribution in [0.2, 0.25) is 0 Å². The topological polar surface area (TPSA) is 9.23 Å². The Hall–Kier alpha value is 0.790. The molecular formula is C9H19BrOS. The third kappa shape index (κ3) is 8.88. The number of methoxy groups -OCH3 is 1. The van der Waals surface area contributed by atoms with Crippen LogP contribution >= 0.6 is 27.7 Å². The van der Waals surface area contributed by atoms with Crippen LogP contribution in [-0.4, -0.2) is 30.6 Å². The van der Waals surface area contributed by atoms with Gasteiger partial charge >= 0.3 is 0 Å². The lowest BCUT2D eigenvalue weighted by atomic mass is 10.1. The fourth-order valence-corrected chi connectivity index (χ4v) is 2.70. The van der Waals surface area contributed by atoms with Crippen LogP contribution in [0.3, 0.4) is 0 Å². The lowest BCUT2D eigenvalue weighted by Gasteiger charge is -2.08. The van der Waals surface area contributed by atoms with Gasteiger partial charge in [0.2, 0.25) is 0 Å². The molecule has 0 amide bonds. The van der Waals surface area contributed by atoms with Crippen molar-refractivity contribution in [2.45, 2.75) is 19.8 Å². The number of rotatable bonds is 8. The Bertz CT molecular complexity index is 90.6. The lowest BCUT2D eigenvalue weighted by molar-refractivity contribution is 0.218. The van der Waals surface area contributed by atoms with Crippen molar-refractivity contribution in [2.75, 3.05) is 30.6 Å². The molecule has 0 aliphatic carbocycles. The molecule has 0 aromatic rings. The van der Waals surface area contributed by atoms with E-state index in [0.29, 0.717) is 0 Å². The standard InChI is InChI=1S/C9H19BrOS/c1-9(3-5-10)4-7-12-8-6-11-2/h9H,3-8H2,1-2H3. The van der Waals surface area contributed by atoms with Crippen molar-refractivity contribution >= 4 is 27.7 Å². The first kappa shape index (κ1) is 12.8. The fourth-order valence-electron chi connectivity index (χ4n) is 0.859. The van der Waals surface area contributed by atoms with Crippen molar-refractivity contribution in [2.24, 2.45) is 5.92 Å². The average molecular weight is 255 g/mol. The van der Waals surface area contributed by atoms with Crippen LogP contribution in [0.25, 0.3) is 0 Å². The molecule has 0 fully saturated rings. The summed E-state index contributed by atoms with van der Waals surface area (Å²) in [5.41, 5.74) is 0. The first-order valence-corrected chi connectivity index (χ1v) is 6.71. The fraction of sp³-hybridized carbons (Fsp3) is 1.00. The highest BCUT2D eigenvalue weighted by Gasteiger charge is 1.99. The highest BCUT2D eigenvalue weighted by molar-refractivity contribution is 9.09. The Balaban J connectivity index is 2.97. The minimum Gasteiger partial charge on any atom is -0.384 e. The smallest absolute Gasteiger partial charge is 0.0552 e. The highest BCUT2D eigenvalue weighted by atomic mass is 79.9. The molecule has 0 aromatic carbocycles. The second-order valence-electron chi connectivity index (χ2n) is 2.98. The highest BCUT2D eigenvalue weighted by Crippen LogP contribution is 2.13. The third-order valence-electron chi connectivity index (χ3n) is 1.79. The van der Waals surface area contributed by atoms with Gasteiger partial charge in [-0.05, 0) is 24.5 Å². The summed E-state index contributed by atoms with van der Waals surface area (Å²) in [5.74, 6) is 3.27.